The van der Waals surface area contributed by atoms with Crippen LogP contribution in [0.25, 0.3) is 0 Å². The van der Waals surface area contributed by atoms with E-state index in [9.17, 15) is 9.59 Å². The molecule has 1 aromatic heterocycles. The number of amides is 2. The number of nitrogens with one attached hydrogen (secondary N) is 1. The first-order chi connectivity index (χ1) is 14.1. The summed E-state index contributed by atoms with van der Waals surface area (Å²) in [6.07, 6.45) is 11.0. The Kier molecular flexibility index (Phi) is 6.33. The van der Waals surface area contributed by atoms with Gasteiger partial charge in [0.15, 0.2) is 5.82 Å². The van der Waals surface area contributed by atoms with E-state index in [0.717, 1.165) is 76.9 Å². The summed E-state index contributed by atoms with van der Waals surface area (Å²) in [5, 5.41) is 3.04. The lowest BCUT2D eigenvalue weighted by molar-refractivity contribution is 0.0657. The first kappa shape index (κ1) is 20.1. The number of hydrogen-bond donors (Lipinski definition) is 1. The molecule has 3 heterocycles. The number of rotatable bonds is 5. The zero-order valence-corrected chi connectivity index (χ0v) is 17.6. The highest BCUT2D eigenvalue weighted by Gasteiger charge is 2.30. The maximum atomic E-state index is 13.1. The van der Waals surface area contributed by atoms with E-state index in [2.05, 4.69) is 28.3 Å². The van der Waals surface area contributed by atoms with Gasteiger partial charge in [-0.3, -0.25) is 9.59 Å². The van der Waals surface area contributed by atoms with Crippen LogP contribution in [0.3, 0.4) is 0 Å². The van der Waals surface area contributed by atoms with E-state index in [1.165, 1.54) is 18.4 Å². The van der Waals surface area contributed by atoms with Crippen LogP contribution < -0.4 is 5.32 Å². The van der Waals surface area contributed by atoms with Crippen LogP contribution in [-0.2, 0) is 13.0 Å². The number of fused-ring (bicyclic) bond motifs is 1. The molecule has 1 fully saturated rings. The molecule has 0 unspecified atom stereocenters. The molecule has 158 valence electrons. The molecule has 7 heteroatoms. The van der Waals surface area contributed by atoms with Crippen molar-refractivity contribution < 1.29 is 9.59 Å². The largest absolute Gasteiger partial charge is 0.349 e. The highest BCUT2D eigenvalue weighted by atomic mass is 16.2. The molecule has 1 N–H and O–H groups in total. The molecule has 1 aliphatic carbocycles. The molecular weight excluding hydrogens is 366 g/mol. The Hall–Kier alpha value is -2.15. The second-order valence-electron chi connectivity index (χ2n) is 8.55. The van der Waals surface area contributed by atoms with Crippen molar-refractivity contribution in [1.29, 1.82) is 0 Å². The summed E-state index contributed by atoms with van der Waals surface area (Å²) in [6.45, 7) is 4.60. The van der Waals surface area contributed by atoms with Crippen LogP contribution in [0.4, 0.5) is 0 Å². The summed E-state index contributed by atoms with van der Waals surface area (Å²) >= 11 is 0. The molecule has 0 aromatic carbocycles. The van der Waals surface area contributed by atoms with Crippen LogP contribution in [0.5, 0.6) is 0 Å². The average Bonchev–Trinajstić information content (AvgIpc) is 3.14. The number of nitrogens with zero attached hydrogens (tertiary/aromatic N) is 4. The summed E-state index contributed by atoms with van der Waals surface area (Å²) in [5.41, 5.74) is 2.89. The lowest BCUT2D eigenvalue weighted by atomic mass is 9.97. The molecule has 2 amide bonds. The van der Waals surface area contributed by atoms with Gasteiger partial charge in [-0.05, 0) is 58.4 Å². The van der Waals surface area contributed by atoms with Gasteiger partial charge >= 0.3 is 0 Å². The van der Waals surface area contributed by atoms with Crippen molar-refractivity contribution in [3.63, 3.8) is 0 Å². The fourth-order valence-electron chi connectivity index (χ4n) is 4.59. The summed E-state index contributed by atoms with van der Waals surface area (Å²) in [7, 11) is 2.08. The normalized spacial score (nSPS) is 20.2. The zero-order chi connectivity index (χ0) is 20.2. The molecule has 2 aliphatic heterocycles. The van der Waals surface area contributed by atoms with E-state index < -0.39 is 0 Å². The number of carbonyl (C=O) groups is 2. The molecular formula is C22H33N5O2. The van der Waals surface area contributed by atoms with Crippen LogP contribution in [0.2, 0.25) is 0 Å². The van der Waals surface area contributed by atoms with Gasteiger partial charge in [0.2, 0.25) is 0 Å². The Morgan fingerprint density at radius 3 is 2.59 bits per heavy atom. The first-order valence-corrected chi connectivity index (χ1v) is 11.2. The molecule has 0 atom stereocenters. The Morgan fingerprint density at radius 1 is 1.03 bits per heavy atom. The number of allylic oxidation sites excluding steroid dienone is 1. The van der Waals surface area contributed by atoms with Crippen molar-refractivity contribution in [1.82, 2.24) is 24.7 Å². The number of piperazine rings is 1. The monoisotopic (exact) mass is 399 g/mol. The van der Waals surface area contributed by atoms with Gasteiger partial charge in [-0.2, -0.15) is 0 Å². The van der Waals surface area contributed by atoms with E-state index in [1.807, 2.05) is 9.47 Å². The highest BCUT2D eigenvalue weighted by Crippen LogP contribution is 2.23. The maximum absolute atomic E-state index is 13.1. The minimum atomic E-state index is -0.151. The molecule has 1 saturated heterocycles. The minimum Gasteiger partial charge on any atom is -0.349 e. The SMILES string of the molecule is CN1CCN(C(=O)c2nc(C(=O)NCCC3=CCCCC3)n3c2CCCC3)CC1. The second kappa shape index (κ2) is 9.11. The molecule has 0 spiro atoms. The Labute approximate surface area is 173 Å². The number of imidazole rings is 1. The van der Waals surface area contributed by atoms with Gasteiger partial charge in [0.25, 0.3) is 11.8 Å². The van der Waals surface area contributed by atoms with E-state index in [1.54, 1.807) is 0 Å². The van der Waals surface area contributed by atoms with E-state index >= 15 is 0 Å². The van der Waals surface area contributed by atoms with Crippen molar-refractivity contribution in [3.8, 4) is 0 Å². The quantitative estimate of drug-likeness (QED) is 0.771. The van der Waals surface area contributed by atoms with Crippen molar-refractivity contribution in [2.75, 3.05) is 39.8 Å². The first-order valence-electron chi connectivity index (χ1n) is 11.2. The summed E-state index contributed by atoms with van der Waals surface area (Å²) in [5.74, 6) is 0.243. The van der Waals surface area contributed by atoms with Gasteiger partial charge in [-0.1, -0.05) is 11.6 Å². The molecule has 29 heavy (non-hydrogen) atoms. The third-order valence-corrected chi connectivity index (χ3v) is 6.43. The van der Waals surface area contributed by atoms with Crippen LogP contribution in [-0.4, -0.2) is 70.9 Å². The summed E-state index contributed by atoms with van der Waals surface area (Å²) in [4.78, 5) is 34.7. The van der Waals surface area contributed by atoms with Crippen LogP contribution >= 0.6 is 0 Å². The predicted octanol–water partition coefficient (Wildman–Crippen LogP) is 2.23. The number of carbonyl (C=O) groups excluding carboxylic acids is 2. The fraction of sp³-hybridized carbons (Fsp3) is 0.682. The van der Waals surface area contributed by atoms with Gasteiger partial charge in [-0.25, -0.2) is 4.98 Å². The Bertz CT molecular complexity index is 789. The third kappa shape index (κ3) is 4.55. The number of hydrogen-bond acceptors (Lipinski definition) is 4. The van der Waals surface area contributed by atoms with E-state index in [-0.39, 0.29) is 11.8 Å². The molecule has 3 aliphatic rings. The predicted molar refractivity (Wildman–Crippen MR) is 112 cm³/mol. The minimum absolute atomic E-state index is 0.0184. The van der Waals surface area contributed by atoms with Gasteiger partial charge in [-0.15, -0.1) is 0 Å². The van der Waals surface area contributed by atoms with Crippen molar-refractivity contribution >= 4 is 11.8 Å². The Morgan fingerprint density at radius 2 is 1.83 bits per heavy atom. The van der Waals surface area contributed by atoms with Crippen molar-refractivity contribution in [3.05, 3.63) is 28.9 Å². The molecule has 1 aromatic rings. The second-order valence-corrected chi connectivity index (χ2v) is 8.55. The van der Waals surface area contributed by atoms with Gasteiger partial charge in [0.05, 0.1) is 5.69 Å². The number of likely N-dealkylation sites (N-methyl/N-ethyl adjacent to an activating group) is 1. The van der Waals surface area contributed by atoms with E-state index in [4.69, 9.17) is 0 Å². The molecule has 0 bridgehead atoms. The average molecular weight is 400 g/mol. The zero-order valence-electron chi connectivity index (χ0n) is 17.6. The van der Waals surface area contributed by atoms with Crippen LogP contribution in [0, 0.1) is 0 Å². The third-order valence-electron chi connectivity index (χ3n) is 6.43. The molecule has 0 radical (unpaired) electrons. The van der Waals surface area contributed by atoms with E-state index in [0.29, 0.717) is 18.1 Å². The molecule has 7 nitrogen and oxygen atoms in total. The standard InChI is InChI=1S/C22H33N5O2/c1-25-13-15-26(16-14-25)22(29)19-18-9-5-6-12-27(18)20(24-19)21(28)23-11-10-17-7-3-2-4-8-17/h7H,2-6,8-16H2,1H3,(H,23,28). The lowest BCUT2D eigenvalue weighted by Gasteiger charge is -2.32. The van der Waals surface area contributed by atoms with Crippen LogP contribution in [0.15, 0.2) is 11.6 Å². The van der Waals surface area contributed by atoms with Crippen molar-refractivity contribution in [2.24, 2.45) is 0 Å². The number of aromatic nitrogens is 2. The topological polar surface area (TPSA) is 70.5 Å². The highest BCUT2D eigenvalue weighted by molar-refractivity contribution is 5.97. The Balaban J connectivity index is 1.46. The smallest absolute Gasteiger partial charge is 0.287 e. The van der Waals surface area contributed by atoms with Gasteiger partial charge in [0, 0.05) is 39.3 Å². The van der Waals surface area contributed by atoms with Crippen molar-refractivity contribution in [2.45, 2.75) is 57.9 Å². The lowest BCUT2D eigenvalue weighted by Crippen LogP contribution is -2.47. The summed E-state index contributed by atoms with van der Waals surface area (Å²) in [6, 6.07) is 0. The van der Waals surface area contributed by atoms with Gasteiger partial charge < -0.3 is 19.7 Å². The molecule has 4 rings (SSSR count). The molecule has 0 saturated carbocycles. The van der Waals surface area contributed by atoms with Gasteiger partial charge in [0.1, 0.15) is 5.69 Å². The van der Waals surface area contributed by atoms with Crippen LogP contribution in [0.1, 0.15) is 71.7 Å². The summed E-state index contributed by atoms with van der Waals surface area (Å²) < 4.78 is 1.99. The maximum Gasteiger partial charge on any atom is 0.287 e. The fourth-order valence-corrected chi connectivity index (χ4v) is 4.59.